The highest BCUT2D eigenvalue weighted by atomic mass is 16.5. The average Bonchev–Trinajstić information content (AvgIpc) is 3.05. The van der Waals surface area contributed by atoms with Crippen molar-refractivity contribution in [1.82, 2.24) is 25.2 Å². The van der Waals surface area contributed by atoms with Crippen molar-refractivity contribution in [3.05, 3.63) is 34.5 Å². The molecule has 26 heavy (non-hydrogen) atoms. The van der Waals surface area contributed by atoms with Crippen LogP contribution in [0.25, 0.3) is 0 Å². The van der Waals surface area contributed by atoms with Crippen molar-refractivity contribution in [2.24, 2.45) is 0 Å². The van der Waals surface area contributed by atoms with Crippen LogP contribution in [0.5, 0.6) is 0 Å². The zero-order valence-electron chi connectivity index (χ0n) is 15.8. The first-order valence-corrected chi connectivity index (χ1v) is 8.96. The Bertz CT molecular complexity index is 762. The Balaban J connectivity index is 1.52. The number of hydrogen-bond acceptors (Lipinski definition) is 6. The molecule has 1 fully saturated rings. The van der Waals surface area contributed by atoms with Gasteiger partial charge in [-0.3, -0.25) is 14.4 Å². The number of likely N-dealkylation sites (tertiary alicyclic amines) is 1. The summed E-state index contributed by atoms with van der Waals surface area (Å²) < 4.78 is 6.89. The van der Waals surface area contributed by atoms with Crippen molar-refractivity contribution in [2.45, 2.75) is 59.4 Å². The van der Waals surface area contributed by atoms with Crippen LogP contribution < -0.4 is 5.32 Å². The number of piperidine rings is 1. The van der Waals surface area contributed by atoms with Crippen molar-refractivity contribution in [3.63, 3.8) is 0 Å². The van der Waals surface area contributed by atoms with Gasteiger partial charge < -0.3 is 14.9 Å². The second-order valence-electron chi connectivity index (χ2n) is 7.15. The van der Waals surface area contributed by atoms with E-state index in [0.29, 0.717) is 19.5 Å². The quantitative estimate of drug-likeness (QED) is 0.820. The van der Waals surface area contributed by atoms with Gasteiger partial charge >= 0.3 is 0 Å². The molecule has 3 rings (SSSR count). The lowest BCUT2D eigenvalue weighted by Gasteiger charge is -2.36. The Morgan fingerprint density at radius 1 is 1.38 bits per heavy atom. The number of β-amino-alcohol motifs (C(OH)–C–C–N with tert-alkyl or cyclic N) is 1. The molecule has 1 aliphatic rings. The number of rotatable bonds is 5. The number of aliphatic hydroxyl groups excluding tert-OH is 1. The Morgan fingerprint density at radius 3 is 2.73 bits per heavy atom. The zero-order chi connectivity index (χ0) is 18.8. The molecule has 0 bridgehead atoms. The molecule has 0 spiro atoms. The molecule has 8 heteroatoms. The van der Waals surface area contributed by atoms with Crippen LogP contribution in [0.2, 0.25) is 0 Å². The van der Waals surface area contributed by atoms with Gasteiger partial charge in [0.05, 0.1) is 23.5 Å². The predicted octanol–water partition coefficient (Wildman–Crippen LogP) is 0.856. The van der Waals surface area contributed by atoms with Crippen molar-refractivity contribution >= 4 is 5.91 Å². The van der Waals surface area contributed by atoms with Gasteiger partial charge in [-0.1, -0.05) is 5.16 Å². The molecule has 0 unspecified atom stereocenters. The molecular weight excluding hydrogens is 334 g/mol. The highest BCUT2D eigenvalue weighted by Crippen LogP contribution is 2.19. The second kappa shape index (κ2) is 7.59. The standard InChI is InChI=1S/C18H27N5O3/c1-11-7-12(2)23(20-11)10-18(25)19-16-5-6-22(9-17(16)24)8-15-13(3)21-26-14(15)4/h7,16-17,24H,5-6,8-10H2,1-4H3,(H,19,25)/t16-,17-/m1/s1. The van der Waals surface area contributed by atoms with Crippen LogP contribution in [0.4, 0.5) is 0 Å². The van der Waals surface area contributed by atoms with E-state index in [1.54, 1.807) is 4.68 Å². The van der Waals surface area contributed by atoms with Gasteiger partial charge in [0.25, 0.3) is 0 Å². The molecule has 1 saturated heterocycles. The molecule has 2 N–H and O–H groups in total. The summed E-state index contributed by atoms with van der Waals surface area (Å²) in [5.74, 6) is 0.691. The van der Waals surface area contributed by atoms with Gasteiger partial charge in [-0.2, -0.15) is 5.10 Å². The van der Waals surface area contributed by atoms with E-state index in [9.17, 15) is 9.90 Å². The maximum atomic E-state index is 12.3. The van der Waals surface area contributed by atoms with Crippen LogP contribution in [0.1, 0.15) is 34.8 Å². The molecule has 0 aromatic carbocycles. The molecule has 8 nitrogen and oxygen atoms in total. The van der Waals surface area contributed by atoms with E-state index in [2.05, 4.69) is 20.5 Å². The van der Waals surface area contributed by atoms with Crippen molar-refractivity contribution in [3.8, 4) is 0 Å². The molecule has 2 aromatic rings. The molecule has 0 aliphatic carbocycles. The average molecular weight is 361 g/mol. The van der Waals surface area contributed by atoms with Gasteiger partial charge in [-0.25, -0.2) is 0 Å². The molecule has 1 amide bonds. The van der Waals surface area contributed by atoms with E-state index in [1.807, 2.05) is 33.8 Å². The normalized spacial score (nSPS) is 21.1. The number of nitrogens with zero attached hydrogens (tertiary/aromatic N) is 4. The first-order valence-electron chi connectivity index (χ1n) is 8.96. The molecule has 0 saturated carbocycles. The third-order valence-corrected chi connectivity index (χ3v) is 4.97. The fourth-order valence-corrected chi connectivity index (χ4v) is 3.48. The summed E-state index contributed by atoms with van der Waals surface area (Å²) in [5, 5.41) is 21.7. The van der Waals surface area contributed by atoms with Crippen LogP contribution in [-0.4, -0.2) is 56.1 Å². The summed E-state index contributed by atoms with van der Waals surface area (Å²) in [7, 11) is 0. The molecule has 142 valence electrons. The highest BCUT2D eigenvalue weighted by Gasteiger charge is 2.29. The topological polar surface area (TPSA) is 96.4 Å². The van der Waals surface area contributed by atoms with E-state index in [1.165, 1.54) is 0 Å². The second-order valence-corrected chi connectivity index (χ2v) is 7.15. The maximum Gasteiger partial charge on any atom is 0.242 e. The van der Waals surface area contributed by atoms with E-state index < -0.39 is 6.10 Å². The number of nitrogens with one attached hydrogen (secondary N) is 1. The largest absolute Gasteiger partial charge is 0.390 e. The molecule has 2 atom stereocenters. The summed E-state index contributed by atoms with van der Waals surface area (Å²) in [5.41, 5.74) is 3.80. The van der Waals surface area contributed by atoms with Crippen LogP contribution in [-0.2, 0) is 17.9 Å². The number of aromatic nitrogens is 3. The Kier molecular flexibility index (Phi) is 5.43. The summed E-state index contributed by atoms with van der Waals surface area (Å²) in [6, 6.07) is 1.70. The van der Waals surface area contributed by atoms with Gasteiger partial charge in [0.15, 0.2) is 0 Å². The summed E-state index contributed by atoms with van der Waals surface area (Å²) in [6.07, 6.45) is 0.0987. The lowest BCUT2D eigenvalue weighted by molar-refractivity contribution is -0.124. The fourth-order valence-electron chi connectivity index (χ4n) is 3.48. The van der Waals surface area contributed by atoms with Crippen LogP contribution in [0, 0.1) is 27.7 Å². The number of aryl methyl sites for hydroxylation is 4. The van der Waals surface area contributed by atoms with Gasteiger partial charge in [0, 0.05) is 30.9 Å². The molecule has 2 aromatic heterocycles. The minimum Gasteiger partial charge on any atom is -0.390 e. The van der Waals surface area contributed by atoms with E-state index in [-0.39, 0.29) is 18.5 Å². The molecule has 1 aliphatic heterocycles. The van der Waals surface area contributed by atoms with Crippen LogP contribution in [0.15, 0.2) is 10.6 Å². The highest BCUT2D eigenvalue weighted by molar-refractivity contribution is 5.76. The van der Waals surface area contributed by atoms with Crippen LogP contribution >= 0.6 is 0 Å². The number of carbonyl (C=O) groups is 1. The number of amides is 1. The number of carbonyl (C=O) groups excluding carboxylic acids is 1. The minimum absolute atomic E-state index is 0.126. The predicted molar refractivity (Wildman–Crippen MR) is 95.5 cm³/mol. The lowest BCUT2D eigenvalue weighted by atomic mass is 10.0. The molecule has 0 radical (unpaired) electrons. The van der Waals surface area contributed by atoms with Crippen molar-refractivity contribution in [1.29, 1.82) is 0 Å². The lowest BCUT2D eigenvalue weighted by Crippen LogP contribution is -2.54. The van der Waals surface area contributed by atoms with E-state index in [0.717, 1.165) is 35.0 Å². The van der Waals surface area contributed by atoms with E-state index in [4.69, 9.17) is 4.52 Å². The maximum absolute atomic E-state index is 12.3. The van der Waals surface area contributed by atoms with Crippen LogP contribution in [0.3, 0.4) is 0 Å². The summed E-state index contributed by atoms with van der Waals surface area (Å²) >= 11 is 0. The van der Waals surface area contributed by atoms with Gasteiger partial charge in [0.2, 0.25) is 5.91 Å². The molecular formula is C18H27N5O3. The van der Waals surface area contributed by atoms with E-state index >= 15 is 0 Å². The third-order valence-electron chi connectivity index (χ3n) is 4.97. The Morgan fingerprint density at radius 2 is 2.15 bits per heavy atom. The fraction of sp³-hybridized carbons (Fsp3) is 0.611. The first-order chi connectivity index (χ1) is 12.3. The van der Waals surface area contributed by atoms with Gasteiger partial charge in [-0.05, 0) is 40.2 Å². The van der Waals surface area contributed by atoms with Crippen molar-refractivity contribution < 1.29 is 14.4 Å². The minimum atomic E-state index is -0.603. The van der Waals surface area contributed by atoms with Gasteiger partial charge in [0.1, 0.15) is 12.3 Å². The number of hydrogen-bond donors (Lipinski definition) is 2. The summed E-state index contributed by atoms with van der Waals surface area (Å²) in [6.45, 7) is 9.83. The monoisotopic (exact) mass is 361 g/mol. The third kappa shape index (κ3) is 4.13. The Hall–Kier alpha value is -2.19. The SMILES string of the molecule is Cc1cc(C)n(CC(=O)N[C@@H]2CCN(Cc3c(C)noc3C)C[C@H]2O)n1. The zero-order valence-corrected chi connectivity index (χ0v) is 15.8. The number of aliphatic hydroxyl groups is 1. The smallest absolute Gasteiger partial charge is 0.242 e. The van der Waals surface area contributed by atoms with Crippen molar-refractivity contribution in [2.75, 3.05) is 13.1 Å². The summed E-state index contributed by atoms with van der Waals surface area (Å²) in [4.78, 5) is 14.5. The first kappa shape index (κ1) is 18.6. The van der Waals surface area contributed by atoms with Gasteiger partial charge in [-0.15, -0.1) is 0 Å². The molecule has 3 heterocycles. The Labute approximate surface area is 153 Å².